The van der Waals surface area contributed by atoms with Crippen molar-refractivity contribution >= 4 is 0 Å². The largest absolute Gasteiger partial charge is 0.310 e. The maximum atomic E-state index is 13.8. The van der Waals surface area contributed by atoms with Crippen molar-refractivity contribution in [2.24, 2.45) is 0 Å². The Morgan fingerprint density at radius 2 is 1.74 bits per heavy atom. The van der Waals surface area contributed by atoms with Gasteiger partial charge in [0.15, 0.2) is 0 Å². The highest BCUT2D eigenvalue weighted by atomic mass is 19.1. The first kappa shape index (κ1) is 13.8. The highest BCUT2D eigenvalue weighted by molar-refractivity contribution is 5.65. The molecule has 0 bridgehead atoms. The summed E-state index contributed by atoms with van der Waals surface area (Å²) < 4.78 is 13.8. The first-order chi connectivity index (χ1) is 9.06. The molecule has 0 unspecified atom stereocenters. The van der Waals surface area contributed by atoms with E-state index in [2.05, 4.69) is 19.2 Å². The minimum Gasteiger partial charge on any atom is -0.310 e. The number of aryl methyl sites for hydroxylation is 1. The van der Waals surface area contributed by atoms with Crippen LogP contribution in [0.25, 0.3) is 11.1 Å². The van der Waals surface area contributed by atoms with Crippen LogP contribution in [0.3, 0.4) is 0 Å². The molecule has 1 N–H and O–H groups in total. The van der Waals surface area contributed by atoms with Crippen molar-refractivity contribution < 1.29 is 4.39 Å². The Bertz CT molecular complexity index is 544. The Labute approximate surface area is 114 Å². The van der Waals surface area contributed by atoms with Gasteiger partial charge < -0.3 is 5.32 Å². The van der Waals surface area contributed by atoms with E-state index < -0.39 is 0 Å². The second-order valence-electron chi connectivity index (χ2n) is 5.22. The van der Waals surface area contributed by atoms with Crippen molar-refractivity contribution in [1.82, 2.24) is 5.32 Å². The summed E-state index contributed by atoms with van der Waals surface area (Å²) in [5.41, 5.74) is 3.88. The fourth-order valence-corrected chi connectivity index (χ4v) is 1.98. The van der Waals surface area contributed by atoms with Gasteiger partial charge in [-0.25, -0.2) is 4.39 Å². The first-order valence-electron chi connectivity index (χ1n) is 6.65. The average molecular weight is 257 g/mol. The molecule has 0 aliphatic carbocycles. The Kier molecular flexibility index (Phi) is 4.33. The van der Waals surface area contributed by atoms with Gasteiger partial charge in [0.1, 0.15) is 5.82 Å². The number of nitrogens with one attached hydrogen (secondary N) is 1. The van der Waals surface area contributed by atoms with Crippen molar-refractivity contribution in [2.75, 3.05) is 0 Å². The molecule has 0 aromatic heterocycles. The SMILES string of the molecule is Cc1ccc(F)c(-c2ccc(CNC(C)C)cc2)c1. The van der Waals surface area contributed by atoms with Crippen LogP contribution in [0.15, 0.2) is 42.5 Å². The quantitative estimate of drug-likeness (QED) is 0.861. The highest BCUT2D eigenvalue weighted by Gasteiger charge is 2.05. The summed E-state index contributed by atoms with van der Waals surface area (Å²) in [4.78, 5) is 0. The molecule has 2 aromatic rings. The van der Waals surface area contributed by atoms with Crippen LogP contribution in [0.4, 0.5) is 4.39 Å². The molecule has 2 heteroatoms. The summed E-state index contributed by atoms with van der Waals surface area (Å²) >= 11 is 0. The summed E-state index contributed by atoms with van der Waals surface area (Å²) in [5, 5.41) is 3.37. The van der Waals surface area contributed by atoms with E-state index in [0.717, 1.165) is 17.7 Å². The predicted octanol–water partition coefficient (Wildman–Crippen LogP) is 4.30. The van der Waals surface area contributed by atoms with E-state index >= 15 is 0 Å². The molecule has 2 aromatic carbocycles. The molecule has 0 amide bonds. The van der Waals surface area contributed by atoms with Crippen LogP contribution in [-0.2, 0) is 6.54 Å². The second kappa shape index (κ2) is 5.98. The van der Waals surface area contributed by atoms with Gasteiger partial charge >= 0.3 is 0 Å². The third kappa shape index (κ3) is 3.65. The van der Waals surface area contributed by atoms with E-state index in [1.165, 1.54) is 11.6 Å². The van der Waals surface area contributed by atoms with Crippen LogP contribution >= 0.6 is 0 Å². The van der Waals surface area contributed by atoms with Crippen LogP contribution in [0.2, 0.25) is 0 Å². The predicted molar refractivity (Wildman–Crippen MR) is 78.5 cm³/mol. The molecule has 1 nitrogen and oxygen atoms in total. The maximum absolute atomic E-state index is 13.8. The van der Waals surface area contributed by atoms with Crippen molar-refractivity contribution in [3.8, 4) is 11.1 Å². The summed E-state index contributed by atoms with van der Waals surface area (Å²) in [6, 6.07) is 13.7. The molecule has 0 radical (unpaired) electrons. The zero-order chi connectivity index (χ0) is 13.8. The zero-order valence-electron chi connectivity index (χ0n) is 11.7. The van der Waals surface area contributed by atoms with E-state index in [0.29, 0.717) is 11.6 Å². The van der Waals surface area contributed by atoms with Gasteiger partial charge in [0.2, 0.25) is 0 Å². The van der Waals surface area contributed by atoms with Crippen molar-refractivity contribution in [2.45, 2.75) is 33.4 Å². The lowest BCUT2D eigenvalue weighted by Gasteiger charge is -2.09. The summed E-state index contributed by atoms with van der Waals surface area (Å²) in [7, 11) is 0. The molecule has 0 spiro atoms. The molecule has 0 fully saturated rings. The lowest BCUT2D eigenvalue weighted by atomic mass is 10.0. The van der Waals surface area contributed by atoms with Crippen LogP contribution in [0, 0.1) is 12.7 Å². The van der Waals surface area contributed by atoms with Gasteiger partial charge in [-0.2, -0.15) is 0 Å². The maximum Gasteiger partial charge on any atom is 0.131 e. The molecule has 0 heterocycles. The van der Waals surface area contributed by atoms with Crippen molar-refractivity contribution in [1.29, 1.82) is 0 Å². The molecule has 0 saturated carbocycles. The normalized spacial score (nSPS) is 11.0. The molecular formula is C17H20FN. The molecule has 100 valence electrons. The molecule has 0 atom stereocenters. The minimum atomic E-state index is -0.168. The van der Waals surface area contributed by atoms with Crippen LogP contribution in [-0.4, -0.2) is 6.04 Å². The monoisotopic (exact) mass is 257 g/mol. The smallest absolute Gasteiger partial charge is 0.131 e. The fourth-order valence-electron chi connectivity index (χ4n) is 1.98. The summed E-state index contributed by atoms with van der Waals surface area (Å²) in [6.07, 6.45) is 0. The van der Waals surface area contributed by atoms with Crippen LogP contribution in [0.1, 0.15) is 25.0 Å². The Hall–Kier alpha value is -1.67. The fraction of sp³-hybridized carbons (Fsp3) is 0.294. The van der Waals surface area contributed by atoms with Crippen LogP contribution < -0.4 is 5.32 Å². The Morgan fingerprint density at radius 3 is 2.37 bits per heavy atom. The van der Waals surface area contributed by atoms with Gasteiger partial charge in [-0.15, -0.1) is 0 Å². The Morgan fingerprint density at radius 1 is 1.05 bits per heavy atom. The summed E-state index contributed by atoms with van der Waals surface area (Å²) in [5.74, 6) is -0.168. The molecule has 19 heavy (non-hydrogen) atoms. The summed E-state index contributed by atoms with van der Waals surface area (Å²) in [6.45, 7) is 7.06. The molecular weight excluding hydrogens is 237 g/mol. The third-order valence-electron chi connectivity index (χ3n) is 3.10. The van der Waals surface area contributed by atoms with E-state index in [-0.39, 0.29) is 5.82 Å². The lowest BCUT2D eigenvalue weighted by Crippen LogP contribution is -2.21. The van der Waals surface area contributed by atoms with Crippen LogP contribution in [0.5, 0.6) is 0 Å². The Balaban J connectivity index is 2.20. The molecule has 0 aliphatic rings. The van der Waals surface area contributed by atoms with E-state index in [9.17, 15) is 4.39 Å². The number of benzene rings is 2. The number of rotatable bonds is 4. The van der Waals surface area contributed by atoms with Crippen molar-refractivity contribution in [3.63, 3.8) is 0 Å². The highest BCUT2D eigenvalue weighted by Crippen LogP contribution is 2.24. The van der Waals surface area contributed by atoms with Gasteiger partial charge in [-0.05, 0) is 30.2 Å². The minimum absolute atomic E-state index is 0.168. The van der Waals surface area contributed by atoms with E-state index in [1.807, 2.05) is 37.3 Å². The lowest BCUT2D eigenvalue weighted by molar-refractivity contribution is 0.589. The third-order valence-corrected chi connectivity index (χ3v) is 3.10. The zero-order valence-corrected chi connectivity index (χ0v) is 11.7. The van der Waals surface area contributed by atoms with Gasteiger partial charge in [-0.1, -0.05) is 49.7 Å². The average Bonchev–Trinajstić information content (AvgIpc) is 2.40. The van der Waals surface area contributed by atoms with E-state index in [4.69, 9.17) is 0 Å². The first-order valence-corrected chi connectivity index (χ1v) is 6.65. The standard InChI is InChI=1S/C17H20FN/c1-12(2)19-11-14-5-7-15(8-6-14)16-10-13(3)4-9-17(16)18/h4-10,12,19H,11H2,1-3H3. The number of halogens is 1. The van der Waals surface area contributed by atoms with Gasteiger partial charge in [-0.3, -0.25) is 0 Å². The number of hydrogen-bond donors (Lipinski definition) is 1. The van der Waals surface area contributed by atoms with Gasteiger partial charge in [0.05, 0.1) is 0 Å². The molecule has 2 rings (SSSR count). The number of hydrogen-bond acceptors (Lipinski definition) is 1. The second-order valence-corrected chi connectivity index (χ2v) is 5.22. The van der Waals surface area contributed by atoms with E-state index in [1.54, 1.807) is 6.07 Å². The molecule has 0 aliphatic heterocycles. The topological polar surface area (TPSA) is 12.0 Å². The van der Waals surface area contributed by atoms with Gasteiger partial charge in [0.25, 0.3) is 0 Å². The van der Waals surface area contributed by atoms with Gasteiger partial charge in [0, 0.05) is 18.2 Å². The molecule has 0 saturated heterocycles. The van der Waals surface area contributed by atoms with Crippen molar-refractivity contribution in [3.05, 3.63) is 59.4 Å².